The van der Waals surface area contributed by atoms with Crippen LogP contribution in [0.4, 0.5) is 20.6 Å². The Labute approximate surface area is 199 Å². The number of para-hydroxylation sites is 2. The molecule has 2 aromatic heterocycles. The molecule has 35 heavy (non-hydrogen) atoms. The van der Waals surface area contributed by atoms with Crippen molar-refractivity contribution in [2.24, 2.45) is 0 Å². The molecule has 0 saturated carbocycles. The van der Waals surface area contributed by atoms with Crippen LogP contribution >= 0.6 is 0 Å². The van der Waals surface area contributed by atoms with Gasteiger partial charge in [-0.2, -0.15) is 5.10 Å². The number of aromatic nitrogens is 3. The van der Waals surface area contributed by atoms with Crippen molar-refractivity contribution in [2.75, 3.05) is 23.9 Å². The van der Waals surface area contributed by atoms with Gasteiger partial charge in [-0.25, -0.2) is 18.7 Å². The molecule has 2 aromatic carbocycles. The molecule has 0 fully saturated rings. The molecular weight excluding hydrogens is 451 g/mol. The number of likely N-dealkylation sites (N-methyl/N-ethyl adjacent to an activating group) is 1. The molecular formula is C25H19FN6O3. The summed E-state index contributed by atoms with van der Waals surface area (Å²) in [4.78, 5) is 31.0. The number of carbonyl (C=O) groups excluding carboxylic acids is 2. The van der Waals surface area contributed by atoms with Crippen LogP contribution in [0.3, 0.4) is 0 Å². The highest BCUT2D eigenvalue weighted by molar-refractivity contribution is 6.02. The Kier molecular flexibility index (Phi) is 5.73. The minimum atomic E-state index is -0.957. The second-order valence-electron chi connectivity index (χ2n) is 7.68. The van der Waals surface area contributed by atoms with Gasteiger partial charge in [0.25, 0.3) is 5.91 Å². The van der Waals surface area contributed by atoms with E-state index in [1.54, 1.807) is 66.4 Å². The third-order valence-electron chi connectivity index (χ3n) is 5.42. The molecule has 3 heterocycles. The van der Waals surface area contributed by atoms with E-state index in [1.165, 1.54) is 17.0 Å². The van der Waals surface area contributed by atoms with Crippen molar-refractivity contribution in [3.8, 4) is 17.6 Å². The molecule has 1 aliphatic rings. The number of ether oxygens (including phenoxy) is 1. The zero-order valence-electron chi connectivity index (χ0n) is 18.5. The predicted octanol–water partition coefficient (Wildman–Crippen LogP) is 2.81. The second-order valence-corrected chi connectivity index (χ2v) is 7.68. The number of amides is 3. The van der Waals surface area contributed by atoms with Gasteiger partial charge in [0.1, 0.15) is 24.1 Å². The molecule has 174 valence electrons. The molecule has 0 unspecified atom stereocenters. The Balaban J connectivity index is 1.30. The number of hydrogen-bond donors (Lipinski definition) is 2. The number of nitrogens with one attached hydrogen (secondary N) is 2. The summed E-state index contributed by atoms with van der Waals surface area (Å²) in [7, 11) is 1.60. The number of benzene rings is 2. The summed E-state index contributed by atoms with van der Waals surface area (Å²) < 4.78 is 22.3. The zero-order valence-corrected chi connectivity index (χ0v) is 18.5. The van der Waals surface area contributed by atoms with Crippen molar-refractivity contribution in [2.45, 2.75) is 6.04 Å². The summed E-state index contributed by atoms with van der Waals surface area (Å²) in [5.41, 5.74) is 1.71. The van der Waals surface area contributed by atoms with Gasteiger partial charge in [-0.15, -0.1) is 0 Å². The lowest BCUT2D eigenvalue weighted by atomic mass is 10.2. The number of nitrogens with zero attached hydrogens (tertiary/aromatic N) is 4. The van der Waals surface area contributed by atoms with Gasteiger partial charge < -0.3 is 20.3 Å². The lowest BCUT2D eigenvalue weighted by Gasteiger charge is -2.20. The maximum atomic E-state index is 15.1. The summed E-state index contributed by atoms with van der Waals surface area (Å²) in [5, 5.41) is 9.17. The first-order valence-electron chi connectivity index (χ1n) is 10.7. The molecule has 4 aromatic rings. The van der Waals surface area contributed by atoms with E-state index in [9.17, 15) is 9.59 Å². The number of fused-ring (bicyclic) bond motifs is 2. The summed E-state index contributed by atoms with van der Waals surface area (Å²) in [5.74, 6) is 5.08. The van der Waals surface area contributed by atoms with Gasteiger partial charge >= 0.3 is 6.03 Å². The van der Waals surface area contributed by atoms with Gasteiger partial charge in [0.05, 0.1) is 23.1 Å². The fourth-order valence-corrected chi connectivity index (χ4v) is 3.64. The van der Waals surface area contributed by atoms with Crippen molar-refractivity contribution in [3.05, 3.63) is 84.1 Å². The van der Waals surface area contributed by atoms with E-state index in [4.69, 9.17) is 4.74 Å². The Morgan fingerprint density at radius 3 is 2.89 bits per heavy atom. The maximum absolute atomic E-state index is 15.1. The number of urea groups is 1. The summed E-state index contributed by atoms with van der Waals surface area (Å²) in [6.45, 7) is -0.0606. The Bertz CT molecular complexity index is 1510. The molecule has 0 radical (unpaired) electrons. The minimum Gasteiger partial charge on any atom is -0.489 e. The van der Waals surface area contributed by atoms with Crippen LogP contribution < -0.4 is 20.3 Å². The van der Waals surface area contributed by atoms with Crippen LogP contribution in [0.15, 0.2) is 67.0 Å². The van der Waals surface area contributed by atoms with Crippen LogP contribution in [0, 0.1) is 17.7 Å². The Morgan fingerprint density at radius 2 is 2.00 bits per heavy atom. The average molecular weight is 470 g/mol. The van der Waals surface area contributed by atoms with Crippen molar-refractivity contribution >= 4 is 29.0 Å². The van der Waals surface area contributed by atoms with E-state index in [-0.39, 0.29) is 23.8 Å². The normalized spacial score (nSPS) is 14.9. The largest absolute Gasteiger partial charge is 0.489 e. The molecule has 1 aliphatic heterocycles. The van der Waals surface area contributed by atoms with Gasteiger partial charge in [-0.1, -0.05) is 24.1 Å². The Hall–Kier alpha value is -4.91. The van der Waals surface area contributed by atoms with Crippen LogP contribution in [0.2, 0.25) is 0 Å². The minimum absolute atomic E-state index is 0.0606. The van der Waals surface area contributed by atoms with Gasteiger partial charge in [0.2, 0.25) is 0 Å². The van der Waals surface area contributed by atoms with Crippen LogP contribution in [0.5, 0.6) is 5.75 Å². The highest BCUT2D eigenvalue weighted by atomic mass is 19.1. The fraction of sp³-hybridized carbons (Fsp3) is 0.120. The van der Waals surface area contributed by atoms with E-state index in [1.807, 2.05) is 0 Å². The number of hydrogen-bond acceptors (Lipinski definition) is 5. The molecule has 10 heteroatoms. The van der Waals surface area contributed by atoms with E-state index >= 15 is 4.39 Å². The quantitative estimate of drug-likeness (QED) is 0.439. The van der Waals surface area contributed by atoms with Gasteiger partial charge in [0.15, 0.2) is 11.5 Å². The van der Waals surface area contributed by atoms with Crippen LogP contribution in [-0.2, 0) is 4.79 Å². The van der Waals surface area contributed by atoms with E-state index < -0.39 is 17.9 Å². The summed E-state index contributed by atoms with van der Waals surface area (Å²) in [6, 6.07) is 13.4. The van der Waals surface area contributed by atoms with Crippen molar-refractivity contribution in [1.29, 1.82) is 0 Å². The van der Waals surface area contributed by atoms with E-state index in [0.29, 0.717) is 22.8 Å². The van der Waals surface area contributed by atoms with Crippen molar-refractivity contribution in [3.63, 3.8) is 0 Å². The number of imidazole rings is 1. The molecule has 2 N–H and O–H groups in total. The first kappa shape index (κ1) is 21.9. The number of anilines is 2. The molecule has 9 nitrogen and oxygen atoms in total. The smallest absolute Gasteiger partial charge is 0.320 e. The third kappa shape index (κ3) is 4.35. The topological polar surface area (TPSA) is 101 Å². The fourth-order valence-electron chi connectivity index (χ4n) is 3.64. The summed E-state index contributed by atoms with van der Waals surface area (Å²) in [6.07, 6.45) is 3.15. The lowest BCUT2D eigenvalue weighted by Crippen LogP contribution is -2.50. The Morgan fingerprint density at radius 1 is 1.14 bits per heavy atom. The number of rotatable bonds is 2. The third-order valence-corrected chi connectivity index (χ3v) is 5.42. The second kappa shape index (κ2) is 9.15. The summed E-state index contributed by atoms with van der Waals surface area (Å²) >= 11 is 0. The highest BCUT2D eigenvalue weighted by Crippen LogP contribution is 2.29. The SMILES string of the molecule is CN1C(=O)[C@@H](NC(=O)Nc2cccc(C#Cc3cnc4cccnn34)c2F)COc2ccccc21. The van der Waals surface area contributed by atoms with Crippen LogP contribution in [-0.4, -0.2) is 46.2 Å². The average Bonchev–Trinajstić information content (AvgIpc) is 3.24. The molecule has 0 saturated heterocycles. The van der Waals surface area contributed by atoms with Gasteiger partial charge in [-0.05, 0) is 42.3 Å². The van der Waals surface area contributed by atoms with Crippen LogP contribution in [0.25, 0.3) is 5.65 Å². The van der Waals surface area contributed by atoms with E-state index in [0.717, 1.165) is 0 Å². The first-order chi connectivity index (χ1) is 17.0. The monoisotopic (exact) mass is 470 g/mol. The lowest BCUT2D eigenvalue weighted by molar-refractivity contribution is -0.120. The molecule has 0 spiro atoms. The first-order valence-corrected chi connectivity index (χ1v) is 10.7. The molecule has 1 atom stereocenters. The zero-order chi connectivity index (χ0) is 24.4. The van der Waals surface area contributed by atoms with E-state index in [2.05, 4.69) is 32.6 Å². The maximum Gasteiger partial charge on any atom is 0.320 e. The van der Waals surface area contributed by atoms with Gasteiger partial charge in [0, 0.05) is 13.2 Å². The molecule has 3 amide bonds. The number of halogens is 1. The van der Waals surface area contributed by atoms with Crippen molar-refractivity contribution in [1.82, 2.24) is 19.9 Å². The molecule has 0 bridgehead atoms. The van der Waals surface area contributed by atoms with Crippen molar-refractivity contribution < 1.29 is 18.7 Å². The molecule has 0 aliphatic carbocycles. The van der Waals surface area contributed by atoms with Gasteiger partial charge in [-0.3, -0.25) is 4.79 Å². The van der Waals surface area contributed by atoms with Crippen LogP contribution in [0.1, 0.15) is 11.3 Å². The molecule has 5 rings (SSSR count). The number of carbonyl (C=O) groups is 2. The highest BCUT2D eigenvalue weighted by Gasteiger charge is 2.30. The predicted molar refractivity (Wildman–Crippen MR) is 127 cm³/mol. The standard InChI is InChI=1S/C25H19FN6O3/c1-31-20-8-2-3-9-21(20)35-15-19(24(31)33)30-25(34)29-18-7-4-6-16(23(18)26)11-12-17-14-27-22-10-5-13-28-32(17)22/h2-10,13-14,19H,15H2,1H3,(H2,29,30,34)/t19-/m0/s1.